The highest BCUT2D eigenvalue weighted by Crippen LogP contribution is 2.21. The number of nitrogens with zero attached hydrogens (tertiary/aromatic N) is 1. The number of Topliss-reactive ketones (excluding diaryl/α,β-unsaturated/α-hetero) is 1. The summed E-state index contributed by atoms with van der Waals surface area (Å²) >= 11 is 0. The van der Waals surface area contributed by atoms with E-state index in [-0.39, 0.29) is 16.6 Å². The predicted molar refractivity (Wildman–Crippen MR) is 111 cm³/mol. The van der Waals surface area contributed by atoms with Crippen molar-refractivity contribution in [3.63, 3.8) is 0 Å². The molecule has 7 nitrogen and oxygen atoms in total. The van der Waals surface area contributed by atoms with Gasteiger partial charge in [0.15, 0.2) is 12.4 Å². The third kappa shape index (κ3) is 5.25. The Morgan fingerprint density at radius 2 is 1.50 bits per heavy atom. The van der Waals surface area contributed by atoms with Gasteiger partial charge in [0.05, 0.1) is 16.6 Å². The first-order valence-electron chi connectivity index (χ1n) is 9.84. The van der Waals surface area contributed by atoms with E-state index in [9.17, 15) is 18.0 Å². The number of hydrogen-bond donors (Lipinski definition) is 0. The Morgan fingerprint density at radius 3 is 2.07 bits per heavy atom. The minimum atomic E-state index is -3.53. The zero-order chi connectivity index (χ0) is 21.7. The predicted octanol–water partition coefficient (Wildman–Crippen LogP) is 3.30. The van der Waals surface area contributed by atoms with Crippen molar-refractivity contribution in [2.45, 2.75) is 37.7 Å². The van der Waals surface area contributed by atoms with E-state index in [1.807, 2.05) is 13.8 Å². The van der Waals surface area contributed by atoms with E-state index in [0.29, 0.717) is 24.4 Å². The topological polar surface area (TPSA) is 90.0 Å². The molecule has 0 unspecified atom stereocenters. The Morgan fingerprint density at radius 1 is 0.933 bits per heavy atom. The van der Waals surface area contributed by atoms with E-state index in [1.165, 1.54) is 28.6 Å². The lowest BCUT2D eigenvalue weighted by Gasteiger charge is -2.15. The first kappa shape index (κ1) is 22.0. The highest BCUT2D eigenvalue weighted by Gasteiger charge is 2.27. The molecular weight excluding hydrogens is 406 g/mol. The Balaban J connectivity index is 1.57. The Kier molecular flexibility index (Phi) is 6.89. The SMILES string of the molecule is CC(C)Oc1ccc(C(=O)OCC(=O)c2ccc(S(=O)(=O)N3CCCC3)cc2)cc1. The summed E-state index contributed by atoms with van der Waals surface area (Å²) in [5, 5.41) is 0. The Hall–Kier alpha value is -2.71. The van der Waals surface area contributed by atoms with Crippen LogP contribution in [0.5, 0.6) is 5.75 Å². The molecule has 1 heterocycles. The van der Waals surface area contributed by atoms with Gasteiger partial charge in [-0.25, -0.2) is 13.2 Å². The van der Waals surface area contributed by atoms with Gasteiger partial charge in [0, 0.05) is 18.7 Å². The van der Waals surface area contributed by atoms with Crippen molar-refractivity contribution >= 4 is 21.8 Å². The highest BCUT2D eigenvalue weighted by atomic mass is 32.2. The minimum absolute atomic E-state index is 0.0251. The summed E-state index contributed by atoms with van der Waals surface area (Å²) < 4.78 is 37.1. The lowest BCUT2D eigenvalue weighted by Crippen LogP contribution is -2.27. The van der Waals surface area contributed by atoms with Crippen molar-refractivity contribution in [3.8, 4) is 5.75 Å². The van der Waals surface area contributed by atoms with Gasteiger partial charge in [-0.1, -0.05) is 0 Å². The molecule has 1 saturated heterocycles. The van der Waals surface area contributed by atoms with Crippen molar-refractivity contribution in [1.82, 2.24) is 4.31 Å². The van der Waals surface area contributed by atoms with Gasteiger partial charge >= 0.3 is 5.97 Å². The average Bonchev–Trinajstić information content (AvgIpc) is 3.28. The number of benzene rings is 2. The van der Waals surface area contributed by atoms with Crippen LogP contribution in [0.4, 0.5) is 0 Å². The molecule has 0 amide bonds. The summed E-state index contributed by atoms with van der Waals surface area (Å²) in [5.41, 5.74) is 0.592. The van der Waals surface area contributed by atoms with Crippen LogP contribution in [0.3, 0.4) is 0 Å². The summed E-state index contributed by atoms with van der Waals surface area (Å²) in [5.74, 6) is -0.387. The molecule has 0 radical (unpaired) electrons. The molecule has 0 N–H and O–H groups in total. The maximum absolute atomic E-state index is 12.5. The average molecular weight is 432 g/mol. The largest absolute Gasteiger partial charge is 0.491 e. The molecule has 0 aliphatic carbocycles. The summed E-state index contributed by atoms with van der Waals surface area (Å²) in [6, 6.07) is 12.2. The summed E-state index contributed by atoms with van der Waals surface area (Å²) in [4.78, 5) is 24.6. The van der Waals surface area contributed by atoms with Crippen LogP contribution in [-0.2, 0) is 14.8 Å². The number of esters is 1. The maximum Gasteiger partial charge on any atom is 0.338 e. The van der Waals surface area contributed by atoms with Crippen LogP contribution < -0.4 is 4.74 Å². The number of ether oxygens (including phenoxy) is 2. The lowest BCUT2D eigenvalue weighted by molar-refractivity contribution is 0.0474. The molecular formula is C22H25NO6S. The van der Waals surface area contributed by atoms with Gasteiger partial charge in [0.2, 0.25) is 10.0 Å². The van der Waals surface area contributed by atoms with Crippen molar-refractivity contribution < 1.29 is 27.5 Å². The summed E-state index contributed by atoms with van der Waals surface area (Å²) in [7, 11) is -3.53. The van der Waals surface area contributed by atoms with Crippen LogP contribution in [0.1, 0.15) is 47.4 Å². The van der Waals surface area contributed by atoms with Gasteiger partial charge in [0.1, 0.15) is 5.75 Å². The molecule has 0 bridgehead atoms. The third-order valence-corrected chi connectivity index (χ3v) is 6.59. The molecule has 0 aromatic heterocycles. The molecule has 30 heavy (non-hydrogen) atoms. The van der Waals surface area contributed by atoms with E-state index in [0.717, 1.165) is 12.8 Å². The molecule has 0 spiro atoms. The number of rotatable bonds is 8. The maximum atomic E-state index is 12.5. The quantitative estimate of drug-likeness (QED) is 0.471. The molecule has 2 aromatic rings. The summed E-state index contributed by atoms with van der Waals surface area (Å²) in [6.07, 6.45) is 1.74. The first-order chi connectivity index (χ1) is 14.3. The third-order valence-electron chi connectivity index (χ3n) is 4.68. The zero-order valence-corrected chi connectivity index (χ0v) is 17.9. The normalized spacial score (nSPS) is 14.6. The van der Waals surface area contributed by atoms with Crippen molar-refractivity contribution in [3.05, 3.63) is 59.7 Å². The van der Waals surface area contributed by atoms with Gasteiger partial charge < -0.3 is 9.47 Å². The Bertz CT molecular complexity index is 991. The van der Waals surface area contributed by atoms with Gasteiger partial charge in [-0.05, 0) is 75.2 Å². The number of carbonyl (C=O) groups is 2. The molecule has 1 fully saturated rings. The fourth-order valence-electron chi connectivity index (χ4n) is 3.13. The van der Waals surface area contributed by atoms with Crippen LogP contribution in [0, 0.1) is 0 Å². The van der Waals surface area contributed by atoms with Gasteiger partial charge in [-0.15, -0.1) is 0 Å². The molecule has 1 aliphatic rings. The molecule has 0 saturated carbocycles. The Labute approximate surface area is 176 Å². The second-order valence-corrected chi connectivity index (χ2v) is 9.26. The standard InChI is InChI=1S/C22H25NO6S/c1-16(2)29-19-9-5-18(6-10-19)22(25)28-15-21(24)17-7-11-20(12-8-17)30(26,27)23-13-3-4-14-23/h5-12,16H,3-4,13-15H2,1-2H3. The van der Waals surface area contributed by atoms with Crippen LogP contribution in [0.2, 0.25) is 0 Å². The number of hydrogen-bond acceptors (Lipinski definition) is 6. The van der Waals surface area contributed by atoms with E-state index in [2.05, 4.69) is 0 Å². The van der Waals surface area contributed by atoms with Crippen LogP contribution >= 0.6 is 0 Å². The fourth-order valence-corrected chi connectivity index (χ4v) is 4.65. The fraction of sp³-hybridized carbons (Fsp3) is 0.364. The second kappa shape index (κ2) is 9.40. The molecule has 160 valence electrons. The van der Waals surface area contributed by atoms with Crippen LogP contribution in [-0.4, -0.2) is 50.3 Å². The molecule has 8 heteroatoms. The van der Waals surface area contributed by atoms with E-state index in [1.54, 1.807) is 24.3 Å². The van der Waals surface area contributed by atoms with Crippen molar-refractivity contribution in [2.75, 3.05) is 19.7 Å². The molecule has 2 aromatic carbocycles. The highest BCUT2D eigenvalue weighted by molar-refractivity contribution is 7.89. The zero-order valence-electron chi connectivity index (χ0n) is 17.0. The molecule has 0 atom stereocenters. The number of sulfonamides is 1. The van der Waals surface area contributed by atoms with Gasteiger partial charge in [0.25, 0.3) is 0 Å². The van der Waals surface area contributed by atoms with Crippen LogP contribution in [0.15, 0.2) is 53.4 Å². The van der Waals surface area contributed by atoms with Crippen molar-refractivity contribution in [1.29, 1.82) is 0 Å². The lowest BCUT2D eigenvalue weighted by atomic mass is 10.1. The molecule has 1 aliphatic heterocycles. The first-order valence-corrected chi connectivity index (χ1v) is 11.3. The van der Waals surface area contributed by atoms with E-state index in [4.69, 9.17) is 9.47 Å². The molecule has 3 rings (SSSR count). The smallest absolute Gasteiger partial charge is 0.338 e. The minimum Gasteiger partial charge on any atom is -0.491 e. The van der Waals surface area contributed by atoms with Crippen molar-refractivity contribution in [2.24, 2.45) is 0 Å². The monoisotopic (exact) mass is 431 g/mol. The van der Waals surface area contributed by atoms with E-state index >= 15 is 0 Å². The van der Waals surface area contributed by atoms with E-state index < -0.39 is 28.4 Å². The van der Waals surface area contributed by atoms with Gasteiger partial charge in [-0.3, -0.25) is 4.79 Å². The summed E-state index contributed by atoms with van der Waals surface area (Å²) in [6.45, 7) is 4.42. The number of ketones is 1. The van der Waals surface area contributed by atoms with Crippen LogP contribution in [0.25, 0.3) is 0 Å². The second-order valence-electron chi connectivity index (χ2n) is 7.33. The van der Waals surface area contributed by atoms with Gasteiger partial charge in [-0.2, -0.15) is 4.31 Å². The number of carbonyl (C=O) groups excluding carboxylic acids is 2.